The van der Waals surface area contributed by atoms with Crippen LogP contribution in [0.15, 0.2) is 35.7 Å². The molecule has 0 spiro atoms. The van der Waals surface area contributed by atoms with E-state index in [0.29, 0.717) is 30.4 Å². The van der Waals surface area contributed by atoms with E-state index in [1.54, 1.807) is 18.2 Å². The number of carbonyl (C=O) groups is 2. The monoisotopic (exact) mass is 346 g/mol. The number of hydrogen-bond acceptors (Lipinski definition) is 5. The van der Waals surface area contributed by atoms with Gasteiger partial charge in [0.15, 0.2) is 11.5 Å². The van der Waals surface area contributed by atoms with Crippen molar-refractivity contribution in [1.29, 1.82) is 0 Å². The SMILES string of the molecule is CC(=O)NC(CC(=O)Nc1ccc2c(c1)OCCO2)c1cccs1. The summed E-state index contributed by atoms with van der Waals surface area (Å²) in [7, 11) is 0. The first kappa shape index (κ1) is 16.3. The fourth-order valence-corrected chi connectivity index (χ4v) is 3.25. The summed E-state index contributed by atoms with van der Waals surface area (Å²) in [6.45, 7) is 2.46. The second-order valence-electron chi connectivity index (χ2n) is 5.38. The van der Waals surface area contributed by atoms with Gasteiger partial charge in [0.05, 0.1) is 12.5 Å². The van der Waals surface area contributed by atoms with Gasteiger partial charge in [-0.15, -0.1) is 11.3 Å². The lowest BCUT2D eigenvalue weighted by atomic mass is 10.1. The van der Waals surface area contributed by atoms with Gasteiger partial charge in [0.25, 0.3) is 0 Å². The lowest BCUT2D eigenvalue weighted by Gasteiger charge is -2.19. The van der Waals surface area contributed by atoms with Crippen LogP contribution >= 0.6 is 11.3 Å². The summed E-state index contributed by atoms with van der Waals surface area (Å²) in [6, 6.07) is 8.75. The van der Waals surface area contributed by atoms with Gasteiger partial charge in [-0.3, -0.25) is 9.59 Å². The molecule has 0 radical (unpaired) electrons. The number of amides is 2. The van der Waals surface area contributed by atoms with Gasteiger partial charge in [-0.1, -0.05) is 6.07 Å². The molecule has 1 aliphatic rings. The average Bonchev–Trinajstić information content (AvgIpc) is 3.08. The molecular weight excluding hydrogens is 328 g/mol. The molecule has 1 aliphatic heterocycles. The summed E-state index contributed by atoms with van der Waals surface area (Å²) >= 11 is 1.51. The van der Waals surface area contributed by atoms with Crippen molar-refractivity contribution in [2.75, 3.05) is 18.5 Å². The minimum Gasteiger partial charge on any atom is -0.486 e. The van der Waals surface area contributed by atoms with Gasteiger partial charge in [0.1, 0.15) is 13.2 Å². The van der Waals surface area contributed by atoms with Gasteiger partial charge in [0, 0.05) is 23.6 Å². The third-order valence-electron chi connectivity index (χ3n) is 3.48. The van der Waals surface area contributed by atoms with Crippen LogP contribution in [0.5, 0.6) is 11.5 Å². The Morgan fingerprint density at radius 2 is 2.00 bits per heavy atom. The number of anilines is 1. The zero-order valence-corrected chi connectivity index (χ0v) is 14.0. The molecule has 0 saturated carbocycles. The first-order valence-corrected chi connectivity index (χ1v) is 8.50. The molecule has 24 heavy (non-hydrogen) atoms. The van der Waals surface area contributed by atoms with Crippen molar-refractivity contribution in [2.24, 2.45) is 0 Å². The molecular formula is C17H18N2O4S. The number of rotatable bonds is 5. The number of nitrogens with one attached hydrogen (secondary N) is 2. The first-order valence-electron chi connectivity index (χ1n) is 7.62. The van der Waals surface area contributed by atoms with Crippen molar-refractivity contribution >= 4 is 28.8 Å². The maximum absolute atomic E-state index is 12.3. The van der Waals surface area contributed by atoms with Crippen molar-refractivity contribution in [2.45, 2.75) is 19.4 Å². The van der Waals surface area contributed by atoms with Crippen LogP contribution in [-0.2, 0) is 9.59 Å². The van der Waals surface area contributed by atoms with Crippen LogP contribution in [0.1, 0.15) is 24.3 Å². The molecule has 0 aliphatic carbocycles. The second-order valence-corrected chi connectivity index (χ2v) is 6.36. The molecule has 1 unspecified atom stereocenters. The highest BCUT2D eigenvalue weighted by Crippen LogP contribution is 2.32. The fourth-order valence-electron chi connectivity index (χ4n) is 2.48. The van der Waals surface area contributed by atoms with E-state index in [1.165, 1.54) is 18.3 Å². The molecule has 7 heteroatoms. The van der Waals surface area contributed by atoms with Crippen molar-refractivity contribution in [3.8, 4) is 11.5 Å². The molecule has 2 amide bonds. The third-order valence-corrected chi connectivity index (χ3v) is 4.47. The normalized spacial score (nSPS) is 13.9. The maximum Gasteiger partial charge on any atom is 0.226 e. The van der Waals surface area contributed by atoms with E-state index in [4.69, 9.17) is 9.47 Å². The van der Waals surface area contributed by atoms with Gasteiger partial charge >= 0.3 is 0 Å². The Morgan fingerprint density at radius 1 is 1.21 bits per heavy atom. The smallest absolute Gasteiger partial charge is 0.226 e. The van der Waals surface area contributed by atoms with Gasteiger partial charge in [-0.25, -0.2) is 0 Å². The van der Waals surface area contributed by atoms with E-state index >= 15 is 0 Å². The Labute approximate surface area is 143 Å². The topological polar surface area (TPSA) is 76.7 Å². The number of hydrogen-bond donors (Lipinski definition) is 2. The molecule has 2 N–H and O–H groups in total. The predicted octanol–water partition coefficient (Wildman–Crippen LogP) is 2.73. The lowest BCUT2D eigenvalue weighted by Crippen LogP contribution is -2.29. The number of fused-ring (bicyclic) bond motifs is 1. The lowest BCUT2D eigenvalue weighted by molar-refractivity contribution is -0.120. The number of thiophene rings is 1. The Balaban J connectivity index is 1.66. The number of carbonyl (C=O) groups excluding carboxylic acids is 2. The third kappa shape index (κ3) is 4.05. The number of benzene rings is 1. The molecule has 2 aromatic rings. The van der Waals surface area contributed by atoms with E-state index in [0.717, 1.165) is 4.88 Å². The number of ether oxygens (including phenoxy) is 2. The van der Waals surface area contributed by atoms with Crippen molar-refractivity contribution in [3.05, 3.63) is 40.6 Å². The molecule has 1 aromatic carbocycles. The Bertz CT molecular complexity index is 730. The molecule has 126 valence electrons. The maximum atomic E-state index is 12.3. The molecule has 0 bridgehead atoms. The minimum atomic E-state index is -0.334. The quantitative estimate of drug-likeness (QED) is 0.873. The van der Waals surface area contributed by atoms with E-state index < -0.39 is 0 Å². The highest BCUT2D eigenvalue weighted by molar-refractivity contribution is 7.10. The average molecular weight is 346 g/mol. The summed E-state index contributed by atoms with van der Waals surface area (Å²) in [5, 5.41) is 7.57. The van der Waals surface area contributed by atoms with E-state index in [2.05, 4.69) is 10.6 Å². The molecule has 0 fully saturated rings. The van der Waals surface area contributed by atoms with Gasteiger partial charge < -0.3 is 20.1 Å². The van der Waals surface area contributed by atoms with Gasteiger partial charge in [-0.2, -0.15) is 0 Å². The van der Waals surface area contributed by atoms with Crippen LogP contribution in [0.2, 0.25) is 0 Å². The summed E-state index contributed by atoms with van der Waals surface area (Å²) < 4.78 is 11.0. The van der Waals surface area contributed by atoms with Crippen molar-refractivity contribution in [3.63, 3.8) is 0 Å². The standard InChI is InChI=1S/C17H18N2O4S/c1-11(20)18-13(16-3-2-8-24-16)10-17(21)19-12-4-5-14-15(9-12)23-7-6-22-14/h2-5,8-9,13H,6-7,10H2,1H3,(H,18,20)(H,19,21). The van der Waals surface area contributed by atoms with Crippen molar-refractivity contribution in [1.82, 2.24) is 5.32 Å². The Hall–Kier alpha value is -2.54. The van der Waals surface area contributed by atoms with E-state index in [-0.39, 0.29) is 24.3 Å². The Morgan fingerprint density at radius 3 is 2.71 bits per heavy atom. The molecule has 2 heterocycles. The van der Waals surface area contributed by atoms with Crippen LogP contribution in [0.25, 0.3) is 0 Å². The first-order chi connectivity index (χ1) is 11.6. The zero-order valence-electron chi connectivity index (χ0n) is 13.2. The molecule has 1 atom stereocenters. The summed E-state index contributed by atoms with van der Waals surface area (Å²) in [5.74, 6) is 0.948. The van der Waals surface area contributed by atoms with E-state index in [9.17, 15) is 9.59 Å². The summed E-state index contributed by atoms with van der Waals surface area (Å²) in [6.07, 6.45) is 0.161. The van der Waals surface area contributed by atoms with Gasteiger partial charge in [-0.05, 0) is 23.6 Å². The highest BCUT2D eigenvalue weighted by atomic mass is 32.1. The van der Waals surface area contributed by atoms with E-state index in [1.807, 2.05) is 17.5 Å². The second kappa shape index (κ2) is 7.35. The summed E-state index contributed by atoms with van der Waals surface area (Å²) in [5.41, 5.74) is 0.636. The molecule has 3 rings (SSSR count). The van der Waals surface area contributed by atoms with Crippen molar-refractivity contribution < 1.29 is 19.1 Å². The van der Waals surface area contributed by atoms with Crippen LogP contribution in [0.4, 0.5) is 5.69 Å². The largest absolute Gasteiger partial charge is 0.486 e. The predicted molar refractivity (Wildman–Crippen MR) is 91.6 cm³/mol. The minimum absolute atomic E-state index is 0.161. The molecule has 6 nitrogen and oxygen atoms in total. The van der Waals surface area contributed by atoms with Crippen LogP contribution in [0, 0.1) is 0 Å². The van der Waals surface area contributed by atoms with Gasteiger partial charge in [0.2, 0.25) is 11.8 Å². The highest BCUT2D eigenvalue weighted by Gasteiger charge is 2.19. The Kier molecular flexibility index (Phi) is 5.00. The van der Waals surface area contributed by atoms with Crippen LogP contribution < -0.4 is 20.1 Å². The summed E-state index contributed by atoms with van der Waals surface area (Å²) in [4.78, 5) is 24.7. The molecule has 0 saturated heterocycles. The molecule has 1 aromatic heterocycles. The van der Waals surface area contributed by atoms with Crippen LogP contribution in [0.3, 0.4) is 0 Å². The zero-order chi connectivity index (χ0) is 16.9. The van der Waals surface area contributed by atoms with Crippen LogP contribution in [-0.4, -0.2) is 25.0 Å². The fraction of sp³-hybridized carbons (Fsp3) is 0.294.